The van der Waals surface area contributed by atoms with Crippen molar-refractivity contribution in [3.05, 3.63) is 107 Å². The fourth-order valence-electron chi connectivity index (χ4n) is 3.37. The van der Waals surface area contributed by atoms with Gasteiger partial charge in [-0.25, -0.2) is 22.4 Å². The fourth-order valence-corrected chi connectivity index (χ4v) is 3.37. The van der Waals surface area contributed by atoms with Gasteiger partial charge in [-0.2, -0.15) is 13.2 Å². The molecule has 0 spiro atoms. The Bertz CT molecular complexity index is 1200. The molecule has 0 unspecified atom stereocenters. The first-order chi connectivity index (χ1) is 16.5. The zero-order chi connectivity index (χ0) is 25.8. The van der Waals surface area contributed by atoms with Crippen LogP contribution in [0, 0.1) is 23.3 Å². The molecule has 1 atom stereocenters. The number of esters is 1. The van der Waals surface area contributed by atoms with Crippen LogP contribution in [0.2, 0.25) is 0 Å². The number of anilines is 1. The van der Waals surface area contributed by atoms with Crippen LogP contribution in [0.25, 0.3) is 6.08 Å². The molecule has 0 aliphatic rings. The summed E-state index contributed by atoms with van der Waals surface area (Å²) in [6, 6.07) is 15.6. The van der Waals surface area contributed by atoms with Crippen LogP contribution in [0.3, 0.4) is 0 Å². The lowest BCUT2D eigenvalue weighted by atomic mass is 9.88. The number of ether oxygens (including phenoxy) is 1. The Morgan fingerprint density at radius 3 is 1.86 bits per heavy atom. The summed E-state index contributed by atoms with van der Waals surface area (Å²) in [6.45, 7) is 1.27. The molecule has 3 aromatic rings. The minimum absolute atomic E-state index is 0.0325. The molecule has 10 heteroatoms. The second kappa shape index (κ2) is 10.2. The lowest BCUT2D eigenvalue weighted by Crippen LogP contribution is -2.44. The van der Waals surface area contributed by atoms with Gasteiger partial charge in [-0.05, 0) is 24.1 Å². The van der Waals surface area contributed by atoms with Crippen LogP contribution in [-0.4, -0.2) is 12.6 Å². The van der Waals surface area contributed by atoms with E-state index in [2.05, 4.69) is 5.32 Å². The molecule has 0 heterocycles. The molecular formula is C25H18F7NO2. The van der Waals surface area contributed by atoms with Gasteiger partial charge in [0.25, 0.3) is 0 Å². The first-order valence-corrected chi connectivity index (χ1v) is 10.2. The van der Waals surface area contributed by atoms with Gasteiger partial charge in [-0.1, -0.05) is 66.7 Å². The van der Waals surface area contributed by atoms with Crippen molar-refractivity contribution >= 4 is 17.7 Å². The van der Waals surface area contributed by atoms with Gasteiger partial charge in [0, 0.05) is 0 Å². The summed E-state index contributed by atoms with van der Waals surface area (Å²) in [4.78, 5) is 13.2. The lowest BCUT2D eigenvalue weighted by Gasteiger charge is -2.32. The molecule has 0 aliphatic carbocycles. The average Bonchev–Trinajstić information content (AvgIpc) is 2.83. The van der Waals surface area contributed by atoms with Crippen molar-refractivity contribution in [2.75, 3.05) is 11.9 Å². The molecule has 0 amide bonds. The van der Waals surface area contributed by atoms with Gasteiger partial charge in [0.1, 0.15) is 11.3 Å². The van der Waals surface area contributed by atoms with Gasteiger partial charge in [0.05, 0.1) is 6.61 Å². The van der Waals surface area contributed by atoms with Crippen LogP contribution in [0.15, 0.2) is 66.7 Å². The number of benzene rings is 3. The summed E-state index contributed by atoms with van der Waals surface area (Å²) in [6.07, 6.45) is -3.19. The Hall–Kier alpha value is -3.82. The molecule has 3 rings (SSSR count). The minimum Gasteiger partial charge on any atom is -0.464 e. The van der Waals surface area contributed by atoms with Crippen LogP contribution in [0.1, 0.15) is 23.6 Å². The Labute approximate surface area is 195 Å². The molecule has 0 saturated heterocycles. The van der Waals surface area contributed by atoms with Crippen LogP contribution >= 0.6 is 0 Å². The van der Waals surface area contributed by atoms with E-state index in [-0.39, 0.29) is 12.2 Å². The largest absolute Gasteiger partial charge is 0.464 e. The molecule has 184 valence electrons. The average molecular weight is 497 g/mol. The van der Waals surface area contributed by atoms with Crippen molar-refractivity contribution in [2.45, 2.75) is 18.6 Å². The van der Waals surface area contributed by atoms with Crippen molar-refractivity contribution in [2.24, 2.45) is 0 Å². The van der Waals surface area contributed by atoms with Crippen LogP contribution in [0.4, 0.5) is 36.4 Å². The SMILES string of the molecule is CCOC(=O)[C@](/C=C\c1ccccc1)(Nc1c(F)c(F)c(C(F)(F)F)c(F)c1F)c1ccccc1. The van der Waals surface area contributed by atoms with E-state index in [4.69, 9.17) is 4.74 Å². The Morgan fingerprint density at radius 1 is 0.857 bits per heavy atom. The Balaban J connectivity index is 2.29. The molecule has 0 bridgehead atoms. The third-order valence-electron chi connectivity index (χ3n) is 5.02. The summed E-state index contributed by atoms with van der Waals surface area (Å²) >= 11 is 0. The number of hydrogen-bond donors (Lipinski definition) is 1. The van der Waals surface area contributed by atoms with Crippen molar-refractivity contribution in [1.82, 2.24) is 0 Å². The van der Waals surface area contributed by atoms with Gasteiger partial charge in [0.2, 0.25) is 0 Å². The van der Waals surface area contributed by atoms with Gasteiger partial charge in [-0.3, -0.25) is 0 Å². The maximum atomic E-state index is 14.8. The standard InChI is InChI=1S/C25H18F7NO2/c1-2-35-23(34)24(16-11-7-4-8-12-16,14-13-15-9-5-3-6-10-15)33-22-20(28)18(26)17(25(30,31)32)19(27)21(22)29/h3-14,33H,2H2,1H3/b14-13-/t24-/m1/s1. The minimum atomic E-state index is -5.71. The molecule has 3 nitrogen and oxygen atoms in total. The van der Waals surface area contributed by atoms with Crippen LogP contribution in [0.5, 0.6) is 0 Å². The number of rotatable bonds is 7. The highest BCUT2D eigenvalue weighted by Gasteiger charge is 2.45. The van der Waals surface area contributed by atoms with Gasteiger partial charge in [0.15, 0.2) is 28.8 Å². The lowest BCUT2D eigenvalue weighted by molar-refractivity contribution is -0.147. The zero-order valence-electron chi connectivity index (χ0n) is 18.1. The molecule has 35 heavy (non-hydrogen) atoms. The molecule has 3 aromatic carbocycles. The van der Waals surface area contributed by atoms with Crippen molar-refractivity contribution in [3.8, 4) is 0 Å². The van der Waals surface area contributed by atoms with Crippen molar-refractivity contribution in [3.63, 3.8) is 0 Å². The van der Waals surface area contributed by atoms with E-state index in [0.717, 1.165) is 6.08 Å². The summed E-state index contributed by atoms with van der Waals surface area (Å²) in [5.41, 5.74) is -6.05. The monoisotopic (exact) mass is 497 g/mol. The van der Waals surface area contributed by atoms with E-state index in [0.29, 0.717) is 5.56 Å². The molecule has 0 fully saturated rings. The molecule has 0 aliphatic heterocycles. The van der Waals surface area contributed by atoms with E-state index in [1.54, 1.807) is 36.4 Å². The second-order valence-corrected chi connectivity index (χ2v) is 7.27. The maximum Gasteiger partial charge on any atom is 0.422 e. The molecule has 0 radical (unpaired) electrons. The van der Waals surface area contributed by atoms with E-state index >= 15 is 0 Å². The van der Waals surface area contributed by atoms with E-state index in [9.17, 15) is 35.5 Å². The smallest absolute Gasteiger partial charge is 0.422 e. The third kappa shape index (κ3) is 5.16. The van der Waals surface area contributed by atoms with Crippen LogP contribution in [-0.2, 0) is 21.2 Å². The van der Waals surface area contributed by atoms with Gasteiger partial charge < -0.3 is 10.1 Å². The summed E-state index contributed by atoms with van der Waals surface area (Å²) in [7, 11) is 0. The quantitative estimate of drug-likeness (QED) is 0.221. The number of hydrogen-bond acceptors (Lipinski definition) is 3. The third-order valence-corrected chi connectivity index (χ3v) is 5.02. The Kier molecular flexibility index (Phi) is 7.52. The van der Waals surface area contributed by atoms with Crippen molar-refractivity contribution < 1.29 is 40.3 Å². The predicted molar refractivity (Wildman–Crippen MR) is 115 cm³/mol. The molecule has 0 aromatic heterocycles. The summed E-state index contributed by atoms with van der Waals surface area (Å²) in [5, 5.41) is 2.10. The highest BCUT2D eigenvalue weighted by Crippen LogP contribution is 2.40. The first-order valence-electron chi connectivity index (χ1n) is 10.2. The summed E-state index contributed by atoms with van der Waals surface area (Å²) < 4.78 is 102. The molecule has 1 N–H and O–H groups in total. The second-order valence-electron chi connectivity index (χ2n) is 7.27. The highest BCUT2D eigenvalue weighted by molar-refractivity contribution is 5.90. The topological polar surface area (TPSA) is 38.3 Å². The summed E-state index contributed by atoms with van der Waals surface area (Å²) in [5.74, 6) is -11.1. The maximum absolute atomic E-state index is 14.8. The number of carbonyl (C=O) groups is 1. The van der Waals surface area contributed by atoms with E-state index in [1.165, 1.54) is 37.3 Å². The first kappa shape index (κ1) is 25.8. The van der Waals surface area contributed by atoms with E-state index < -0.39 is 52.2 Å². The molecular weight excluding hydrogens is 479 g/mol. The number of alkyl halides is 3. The normalized spacial score (nSPS) is 13.5. The zero-order valence-corrected chi connectivity index (χ0v) is 18.1. The predicted octanol–water partition coefficient (Wildman–Crippen LogP) is 6.85. The fraction of sp³-hybridized carbons (Fsp3) is 0.160. The number of halogens is 7. The van der Waals surface area contributed by atoms with Crippen LogP contribution < -0.4 is 5.32 Å². The highest BCUT2D eigenvalue weighted by atomic mass is 19.4. The van der Waals surface area contributed by atoms with Gasteiger partial charge >= 0.3 is 12.1 Å². The molecule has 0 saturated carbocycles. The van der Waals surface area contributed by atoms with Crippen molar-refractivity contribution in [1.29, 1.82) is 0 Å². The number of carbonyl (C=O) groups excluding carboxylic acids is 1. The van der Waals surface area contributed by atoms with Gasteiger partial charge in [-0.15, -0.1) is 0 Å². The Morgan fingerprint density at radius 2 is 1.37 bits per heavy atom. The van der Waals surface area contributed by atoms with E-state index in [1.807, 2.05) is 0 Å². The number of nitrogens with one attached hydrogen (secondary N) is 1.